The predicted octanol–water partition coefficient (Wildman–Crippen LogP) is 4.43. The van der Waals surface area contributed by atoms with Gasteiger partial charge in [-0.15, -0.1) is 0 Å². The Morgan fingerprint density at radius 2 is 1.73 bits per heavy atom. The summed E-state index contributed by atoms with van der Waals surface area (Å²) in [7, 11) is 6.87. The molecule has 2 aliphatic heterocycles. The van der Waals surface area contributed by atoms with Crippen LogP contribution in [-0.4, -0.2) is 80.1 Å². The number of carbonyl (C=O) groups is 2. The number of Topliss-reactive ketones (excluding diaryl/α,β-unsaturated/α-hetero) is 1. The minimum Gasteiger partial charge on any atom is -0.496 e. The molecule has 3 heterocycles. The number of aromatic nitrogens is 1. The number of nitrogens with one attached hydrogen (secondary N) is 2. The minimum absolute atomic E-state index is 0.0419. The van der Waals surface area contributed by atoms with Crippen LogP contribution in [0.1, 0.15) is 59.3 Å². The molecule has 1 aromatic heterocycles. The maximum Gasteiger partial charge on any atom is 0.260 e. The number of benzene rings is 2. The number of aryl methyl sites for hydroxylation is 1. The van der Waals surface area contributed by atoms with E-state index in [4.69, 9.17) is 14.2 Å². The highest BCUT2D eigenvalue weighted by atomic mass is 16.5. The summed E-state index contributed by atoms with van der Waals surface area (Å²) in [4.78, 5) is 43.0. The molecule has 0 aliphatic carbocycles. The van der Waals surface area contributed by atoms with E-state index < -0.39 is 0 Å². The maximum atomic E-state index is 13.2. The van der Waals surface area contributed by atoms with E-state index in [2.05, 4.69) is 22.1 Å². The average Bonchev–Trinajstić information content (AvgIpc) is 3.12. The van der Waals surface area contributed by atoms with Gasteiger partial charge in [0.15, 0.2) is 12.4 Å². The van der Waals surface area contributed by atoms with Gasteiger partial charge in [-0.25, -0.2) is 0 Å². The Bertz CT molecular complexity index is 1810. The Morgan fingerprint density at radius 1 is 1.04 bits per heavy atom. The zero-order chi connectivity index (χ0) is 35.2. The second-order valence-corrected chi connectivity index (χ2v) is 12.4. The van der Waals surface area contributed by atoms with Gasteiger partial charge in [0.1, 0.15) is 17.2 Å². The largest absolute Gasteiger partial charge is 0.496 e. The lowest BCUT2D eigenvalue weighted by molar-refractivity contribution is -0.135. The Balaban J connectivity index is 1.28. The fourth-order valence-corrected chi connectivity index (χ4v) is 6.51. The van der Waals surface area contributed by atoms with Crippen molar-refractivity contribution >= 4 is 23.3 Å². The summed E-state index contributed by atoms with van der Waals surface area (Å²) in [5, 5.41) is 6.42. The van der Waals surface area contributed by atoms with Gasteiger partial charge < -0.3 is 34.3 Å². The molecule has 1 saturated heterocycles. The van der Waals surface area contributed by atoms with Crippen molar-refractivity contribution in [2.45, 2.75) is 39.8 Å². The fourth-order valence-electron chi connectivity index (χ4n) is 6.51. The molecule has 49 heavy (non-hydrogen) atoms. The average molecular weight is 670 g/mol. The van der Waals surface area contributed by atoms with Crippen LogP contribution in [0.25, 0.3) is 22.8 Å². The molecule has 260 valence electrons. The Hall–Kier alpha value is -5.03. The first-order chi connectivity index (χ1) is 23.6. The first-order valence-electron chi connectivity index (χ1n) is 16.7. The van der Waals surface area contributed by atoms with Crippen LogP contribution in [0.4, 0.5) is 0 Å². The van der Waals surface area contributed by atoms with E-state index in [-0.39, 0.29) is 23.9 Å². The number of amides is 1. The summed E-state index contributed by atoms with van der Waals surface area (Å²) in [6, 6.07) is 9.35. The predicted molar refractivity (Wildman–Crippen MR) is 192 cm³/mol. The number of rotatable bonds is 13. The fraction of sp³-hybridized carbons (Fsp3) is 0.395. The molecule has 2 aromatic carbocycles. The molecule has 0 bridgehead atoms. The minimum atomic E-state index is -0.120. The van der Waals surface area contributed by atoms with Gasteiger partial charge in [0.25, 0.3) is 11.5 Å². The number of ketones is 1. The highest BCUT2D eigenvalue weighted by Gasteiger charge is 2.26. The number of piperazine rings is 1. The third-order valence-corrected chi connectivity index (χ3v) is 9.14. The number of nitrogens with zero attached hydrogens (tertiary/aromatic N) is 3. The van der Waals surface area contributed by atoms with E-state index in [0.717, 1.165) is 40.1 Å². The standard InChI is InChI=1S/C38H47N5O6/c1-8-10-31(44)26-11-9-12-32(37(26)24(2)3)49-23-36(45)43-15-13-42(14-16-43)22-30-33(47-6)17-25(18-34(30)48-7)29-21-41(5)38(46)27-19-35(39-4)40-20-28(27)29/h9,11-12,17-19,21,39-40H,2,8,10,13-16,20,22-23H2,1,3-7H3. The normalized spacial score (nSPS) is 14.3. The molecule has 11 heteroatoms. The quantitative estimate of drug-likeness (QED) is 0.255. The molecule has 1 amide bonds. The van der Waals surface area contributed by atoms with Crippen LogP contribution in [0.15, 0.2) is 53.7 Å². The van der Waals surface area contributed by atoms with Gasteiger partial charge in [0.05, 0.1) is 25.6 Å². The zero-order valence-electron chi connectivity index (χ0n) is 29.4. The van der Waals surface area contributed by atoms with Gasteiger partial charge >= 0.3 is 0 Å². The van der Waals surface area contributed by atoms with Crippen LogP contribution in [-0.2, 0) is 24.9 Å². The van der Waals surface area contributed by atoms with Gasteiger partial charge in [-0.3, -0.25) is 19.3 Å². The van der Waals surface area contributed by atoms with E-state index in [1.54, 1.807) is 44.0 Å². The maximum absolute atomic E-state index is 13.2. The van der Waals surface area contributed by atoms with Crippen molar-refractivity contribution in [3.63, 3.8) is 0 Å². The molecule has 2 N–H and O–H groups in total. The van der Waals surface area contributed by atoms with Gasteiger partial charge in [0.2, 0.25) is 0 Å². The second kappa shape index (κ2) is 15.5. The highest BCUT2D eigenvalue weighted by molar-refractivity contribution is 6.01. The lowest BCUT2D eigenvalue weighted by Crippen LogP contribution is -2.49. The molecular formula is C38H47N5O6. The lowest BCUT2D eigenvalue weighted by Gasteiger charge is -2.35. The number of hydrogen-bond acceptors (Lipinski definition) is 9. The Morgan fingerprint density at radius 3 is 2.35 bits per heavy atom. The van der Waals surface area contributed by atoms with Crippen molar-refractivity contribution in [2.75, 3.05) is 54.1 Å². The van der Waals surface area contributed by atoms with Crippen LogP contribution in [0, 0.1) is 0 Å². The summed E-state index contributed by atoms with van der Waals surface area (Å²) >= 11 is 0. The molecule has 2 aliphatic rings. The molecule has 0 spiro atoms. The zero-order valence-corrected chi connectivity index (χ0v) is 29.4. The third-order valence-electron chi connectivity index (χ3n) is 9.14. The van der Waals surface area contributed by atoms with Crippen LogP contribution in [0.2, 0.25) is 0 Å². The lowest BCUT2D eigenvalue weighted by atomic mass is 9.94. The van der Waals surface area contributed by atoms with Crippen molar-refractivity contribution < 1.29 is 23.8 Å². The van der Waals surface area contributed by atoms with Crippen molar-refractivity contribution in [1.82, 2.24) is 25.0 Å². The molecule has 0 unspecified atom stereocenters. The SMILES string of the molecule is C=C(C)c1c(OCC(=O)N2CCN(Cc3c(OC)cc(-c4cn(C)c(=O)c5c4CNC(NC)=C5)cc3OC)CC2)cccc1C(=O)CCC. The van der Waals surface area contributed by atoms with Crippen LogP contribution in [0.5, 0.6) is 17.2 Å². The number of hydrogen-bond donors (Lipinski definition) is 2. The second-order valence-electron chi connectivity index (χ2n) is 12.4. The highest BCUT2D eigenvalue weighted by Crippen LogP contribution is 2.38. The molecule has 0 radical (unpaired) electrons. The van der Waals surface area contributed by atoms with E-state index in [0.29, 0.717) is 79.6 Å². The number of fused-ring (bicyclic) bond motifs is 1. The molecule has 3 aromatic rings. The summed E-state index contributed by atoms with van der Waals surface area (Å²) in [5.74, 6) is 2.60. The van der Waals surface area contributed by atoms with Gasteiger partial charge in [0, 0.05) is 88.2 Å². The first kappa shape index (κ1) is 35.3. The van der Waals surface area contributed by atoms with Crippen molar-refractivity contribution in [3.05, 3.63) is 87.1 Å². The summed E-state index contributed by atoms with van der Waals surface area (Å²) < 4.78 is 19.4. The van der Waals surface area contributed by atoms with E-state index in [1.165, 1.54) is 0 Å². The first-order valence-corrected chi connectivity index (χ1v) is 16.7. The number of pyridine rings is 1. The van der Waals surface area contributed by atoms with Crippen LogP contribution < -0.4 is 30.4 Å². The molecule has 0 saturated carbocycles. The Labute approximate surface area is 288 Å². The smallest absolute Gasteiger partial charge is 0.260 e. The summed E-state index contributed by atoms with van der Waals surface area (Å²) in [5.41, 5.74) is 6.19. The van der Waals surface area contributed by atoms with Crippen molar-refractivity contribution in [1.29, 1.82) is 0 Å². The molecule has 5 rings (SSSR count). The van der Waals surface area contributed by atoms with Crippen LogP contribution in [0.3, 0.4) is 0 Å². The van der Waals surface area contributed by atoms with E-state index in [1.807, 2.05) is 50.2 Å². The summed E-state index contributed by atoms with van der Waals surface area (Å²) in [6.45, 7) is 11.3. The van der Waals surface area contributed by atoms with Gasteiger partial charge in [-0.05, 0) is 54.3 Å². The number of ether oxygens (including phenoxy) is 3. The van der Waals surface area contributed by atoms with Gasteiger partial charge in [-0.2, -0.15) is 0 Å². The number of carbonyl (C=O) groups excluding carboxylic acids is 2. The molecule has 0 atom stereocenters. The molecular weight excluding hydrogens is 622 g/mol. The van der Waals surface area contributed by atoms with Crippen molar-refractivity contribution in [2.24, 2.45) is 7.05 Å². The van der Waals surface area contributed by atoms with E-state index in [9.17, 15) is 14.4 Å². The third kappa shape index (κ3) is 7.51. The van der Waals surface area contributed by atoms with E-state index >= 15 is 0 Å². The topological polar surface area (TPSA) is 114 Å². The molecule has 11 nitrogen and oxygen atoms in total. The number of methoxy groups -OCH3 is 2. The van der Waals surface area contributed by atoms with Crippen LogP contribution >= 0.6 is 0 Å². The van der Waals surface area contributed by atoms with Crippen molar-refractivity contribution in [3.8, 4) is 28.4 Å². The van der Waals surface area contributed by atoms with Gasteiger partial charge in [-0.1, -0.05) is 25.6 Å². The Kier molecular flexibility index (Phi) is 11.1. The number of allylic oxidation sites excluding steroid dienone is 1. The summed E-state index contributed by atoms with van der Waals surface area (Å²) in [6.07, 6.45) is 4.90. The molecule has 1 fully saturated rings. The monoisotopic (exact) mass is 669 g/mol.